The van der Waals surface area contributed by atoms with E-state index in [1.165, 1.54) is 22.7 Å². The molecule has 0 radical (unpaired) electrons. The highest BCUT2D eigenvalue weighted by molar-refractivity contribution is 7.20. The van der Waals surface area contributed by atoms with Crippen molar-refractivity contribution < 1.29 is 9.47 Å². The molecule has 0 amide bonds. The molecule has 366 valence electrons. The third-order valence-corrected chi connectivity index (χ3v) is 16.2. The minimum absolute atomic E-state index is 0.172. The topological polar surface area (TPSA) is 102 Å². The molecule has 0 bridgehead atoms. The molecule has 12 heteroatoms. The molecular formula is C62H58B2N6O2S2. The van der Waals surface area contributed by atoms with Crippen molar-refractivity contribution in [3.8, 4) is 46.2 Å². The van der Waals surface area contributed by atoms with Gasteiger partial charge in [-0.3, -0.25) is 0 Å². The van der Waals surface area contributed by atoms with Crippen LogP contribution in [0.1, 0.15) is 61.7 Å². The molecule has 2 unspecified atom stereocenters. The van der Waals surface area contributed by atoms with Crippen molar-refractivity contribution in [1.82, 2.24) is 18.9 Å². The van der Waals surface area contributed by atoms with Crippen LogP contribution in [0.2, 0.25) is 13.6 Å². The van der Waals surface area contributed by atoms with E-state index in [4.69, 9.17) is 19.4 Å². The summed E-state index contributed by atoms with van der Waals surface area (Å²) in [6.45, 7) is 17.8. The minimum Gasteiger partial charge on any atom is -0.493 e. The Morgan fingerprint density at radius 2 is 0.973 bits per heavy atom. The number of nitriles is 2. The molecule has 6 aromatic carbocycles. The Morgan fingerprint density at radius 3 is 1.36 bits per heavy atom. The van der Waals surface area contributed by atoms with E-state index in [9.17, 15) is 10.5 Å². The third kappa shape index (κ3) is 9.57. The summed E-state index contributed by atoms with van der Waals surface area (Å²) in [7, 11) is 0. The first-order valence-electron chi connectivity index (χ1n) is 25.7. The van der Waals surface area contributed by atoms with Gasteiger partial charge in [-0.05, 0) is 121 Å². The van der Waals surface area contributed by atoms with Gasteiger partial charge in [0.05, 0.1) is 44.3 Å². The van der Waals surface area contributed by atoms with Crippen LogP contribution in [0.3, 0.4) is 0 Å². The van der Waals surface area contributed by atoms with E-state index >= 15 is 0 Å². The zero-order chi connectivity index (χ0) is 51.6. The average molecular weight is 1000 g/mol. The van der Waals surface area contributed by atoms with Crippen LogP contribution in [0.4, 0.5) is 0 Å². The monoisotopic (exact) mass is 1000 g/mol. The van der Waals surface area contributed by atoms with Gasteiger partial charge in [-0.1, -0.05) is 138 Å². The van der Waals surface area contributed by atoms with Crippen molar-refractivity contribution >= 4 is 89.6 Å². The molecular weight excluding hydrogens is 946 g/mol. The second-order valence-corrected chi connectivity index (χ2v) is 21.9. The molecule has 4 aromatic heterocycles. The number of hydrogen-bond acceptors (Lipinski definition) is 8. The summed E-state index contributed by atoms with van der Waals surface area (Å²) in [5.41, 5.74) is 10.4. The molecule has 2 atom stereocenters. The average Bonchev–Trinajstić information content (AvgIpc) is 4.20. The second-order valence-electron chi connectivity index (χ2n) is 19.9. The van der Waals surface area contributed by atoms with Gasteiger partial charge in [0.25, 0.3) is 6.85 Å². The van der Waals surface area contributed by atoms with E-state index in [1.54, 1.807) is 0 Å². The Morgan fingerprint density at radius 1 is 0.568 bits per heavy atom. The molecule has 10 aromatic rings. The highest BCUT2D eigenvalue weighted by Crippen LogP contribution is 2.39. The van der Waals surface area contributed by atoms with Gasteiger partial charge in [-0.15, -0.1) is 22.7 Å². The molecule has 0 aliphatic rings. The Bertz CT molecular complexity index is 3840. The SMILES string of the molecule is CCC(C)COc1ccc(-c2c3/c(=C(\C#N)c4nc5ccc(C)cc5s4)n(B(c4ccccc4)c4ccccc4)c(-c4ccc(OCC(C)CC)cc4)c3/c(=C(\C#N)c3nc4ccc(C)cc4s3)n2B(C)C)cc1. The lowest BCUT2D eigenvalue weighted by Gasteiger charge is -2.23. The smallest absolute Gasteiger partial charge is 0.328 e. The van der Waals surface area contributed by atoms with Gasteiger partial charge in [0.15, 0.2) is 0 Å². The summed E-state index contributed by atoms with van der Waals surface area (Å²) in [6, 6.07) is 55.8. The van der Waals surface area contributed by atoms with E-state index in [0.29, 0.717) is 51.6 Å². The number of rotatable bonds is 16. The fourth-order valence-electron chi connectivity index (χ4n) is 9.81. The van der Waals surface area contributed by atoms with Gasteiger partial charge in [-0.25, -0.2) is 9.97 Å². The maximum absolute atomic E-state index is 12.1. The van der Waals surface area contributed by atoms with Crippen molar-refractivity contribution in [3.63, 3.8) is 0 Å². The number of hydrogen-bond donors (Lipinski definition) is 0. The summed E-state index contributed by atoms with van der Waals surface area (Å²) in [5, 5.41) is 28.3. The maximum Gasteiger partial charge on any atom is 0.328 e. The third-order valence-electron chi connectivity index (χ3n) is 14.1. The summed E-state index contributed by atoms with van der Waals surface area (Å²) >= 11 is 3.06. The molecule has 10 rings (SSSR count). The van der Waals surface area contributed by atoms with Crippen LogP contribution in [-0.2, 0) is 0 Å². The van der Waals surface area contributed by atoms with Crippen LogP contribution >= 0.6 is 22.7 Å². The van der Waals surface area contributed by atoms with E-state index in [1.807, 2.05) is 48.5 Å². The first kappa shape index (κ1) is 49.9. The van der Waals surface area contributed by atoms with Crippen molar-refractivity contribution in [3.05, 3.63) is 177 Å². The molecule has 0 saturated carbocycles. The van der Waals surface area contributed by atoms with Crippen molar-refractivity contribution in [2.24, 2.45) is 11.8 Å². The van der Waals surface area contributed by atoms with Gasteiger partial charge in [0.1, 0.15) is 44.8 Å². The molecule has 8 nitrogen and oxygen atoms in total. The highest BCUT2D eigenvalue weighted by Gasteiger charge is 2.35. The summed E-state index contributed by atoms with van der Waals surface area (Å²) in [5.74, 6) is 2.34. The number of fused-ring (bicyclic) bond motifs is 3. The van der Waals surface area contributed by atoms with Crippen LogP contribution in [-0.4, -0.2) is 45.8 Å². The molecule has 4 heterocycles. The van der Waals surface area contributed by atoms with Gasteiger partial charge < -0.3 is 18.4 Å². The van der Waals surface area contributed by atoms with Gasteiger partial charge in [-0.2, -0.15) is 10.5 Å². The molecule has 0 saturated heterocycles. The van der Waals surface area contributed by atoms with E-state index in [2.05, 4.69) is 173 Å². The van der Waals surface area contributed by atoms with Crippen LogP contribution in [0, 0.1) is 48.3 Å². The largest absolute Gasteiger partial charge is 0.493 e. The molecule has 0 fully saturated rings. The minimum atomic E-state index is -0.461. The van der Waals surface area contributed by atoms with E-state index in [-0.39, 0.29) is 6.85 Å². The number of aryl methyl sites for hydroxylation is 2. The fourth-order valence-corrected chi connectivity index (χ4v) is 11.9. The number of benzene rings is 6. The zero-order valence-corrected chi connectivity index (χ0v) is 44.9. The maximum atomic E-state index is 12.1. The Kier molecular flexibility index (Phi) is 14.5. The summed E-state index contributed by atoms with van der Waals surface area (Å²) in [4.78, 5) is 10.5. The molecule has 0 aliphatic carbocycles. The van der Waals surface area contributed by atoms with Crippen molar-refractivity contribution in [1.29, 1.82) is 10.5 Å². The molecule has 0 aliphatic heterocycles. The van der Waals surface area contributed by atoms with Gasteiger partial charge >= 0.3 is 6.85 Å². The van der Waals surface area contributed by atoms with Crippen LogP contribution in [0.25, 0.3) is 64.9 Å². The lowest BCUT2D eigenvalue weighted by atomic mass is 9.50. The van der Waals surface area contributed by atoms with E-state index in [0.717, 1.165) is 105 Å². The van der Waals surface area contributed by atoms with Crippen LogP contribution in [0.15, 0.2) is 146 Å². The van der Waals surface area contributed by atoms with Gasteiger partial charge in [0.2, 0.25) is 0 Å². The Balaban J connectivity index is 1.48. The molecule has 0 N–H and O–H groups in total. The van der Waals surface area contributed by atoms with Gasteiger partial charge in [0, 0.05) is 22.2 Å². The fraction of sp³-hybridized carbons (Fsp3) is 0.226. The summed E-state index contributed by atoms with van der Waals surface area (Å²) in [6.07, 6.45) is 2.03. The standard InChI is InChI=1S/C62H58B2N6O2S2/c1-9-39(3)37-71-47-27-23-43(24-28-47)57-55-56(59(69(57)63(7)8)49(35-65)61-67-51-31-21-41(5)33-53(51)73-61)58(44-25-29-48(30-26-44)72-38-40(4)10-2)70(64(45-17-13-11-14-18-45)46-19-15-12-16-20-46)60(55)50(36-66)62-68-52-32-22-42(6)34-54(52)74-62/h11-34,39-40H,9-10,37-38H2,1-8H3/b59-49-,60-50-. The number of nitrogens with zero attached hydrogens (tertiary/aromatic N) is 6. The Hall–Kier alpha value is -7.63. The predicted octanol–water partition coefficient (Wildman–Crippen LogP) is 12.7. The Labute approximate surface area is 442 Å². The molecule has 0 spiro atoms. The highest BCUT2D eigenvalue weighted by atomic mass is 32.1. The predicted molar refractivity (Wildman–Crippen MR) is 311 cm³/mol. The first-order valence-corrected chi connectivity index (χ1v) is 27.3. The number of aromatic nitrogens is 4. The van der Waals surface area contributed by atoms with E-state index < -0.39 is 6.85 Å². The normalized spacial score (nSPS) is 13.1. The first-order chi connectivity index (χ1) is 36.0. The van der Waals surface area contributed by atoms with Crippen LogP contribution in [0.5, 0.6) is 11.5 Å². The summed E-state index contributed by atoms with van der Waals surface area (Å²) < 4.78 is 19.5. The number of thiazole rings is 2. The van der Waals surface area contributed by atoms with Crippen LogP contribution < -0.4 is 31.1 Å². The molecule has 74 heavy (non-hydrogen) atoms. The number of ether oxygens (including phenoxy) is 2. The van der Waals surface area contributed by atoms with Crippen molar-refractivity contribution in [2.75, 3.05) is 13.2 Å². The quantitative estimate of drug-likeness (QED) is 0.0894. The van der Waals surface area contributed by atoms with Crippen molar-refractivity contribution in [2.45, 2.75) is 68.0 Å². The lowest BCUT2D eigenvalue weighted by molar-refractivity contribution is 0.256. The zero-order valence-electron chi connectivity index (χ0n) is 43.3. The lowest BCUT2D eigenvalue weighted by Crippen LogP contribution is -2.53. The second kappa shape index (κ2) is 21.5.